The van der Waals surface area contributed by atoms with Crippen LogP contribution in [0.2, 0.25) is 0 Å². The predicted molar refractivity (Wildman–Crippen MR) is 87.5 cm³/mol. The van der Waals surface area contributed by atoms with E-state index >= 15 is 0 Å². The Hall–Kier alpha value is -2.75. The van der Waals surface area contributed by atoms with E-state index in [1.807, 2.05) is 4.90 Å². The van der Waals surface area contributed by atoms with Crippen LogP contribution in [0.1, 0.15) is 12.7 Å². The molecule has 1 N–H and O–H groups in total. The van der Waals surface area contributed by atoms with Gasteiger partial charge in [0.1, 0.15) is 12.1 Å². The van der Waals surface area contributed by atoms with Gasteiger partial charge in [0.2, 0.25) is 11.6 Å². The summed E-state index contributed by atoms with van der Waals surface area (Å²) in [7, 11) is 0. The fourth-order valence-corrected chi connectivity index (χ4v) is 2.68. The number of rotatable bonds is 5. The molecule has 0 aliphatic carbocycles. The van der Waals surface area contributed by atoms with Crippen LogP contribution in [0.5, 0.6) is 0 Å². The molecule has 0 atom stereocenters. The number of piperazine rings is 1. The monoisotopic (exact) mass is 333 g/mol. The second kappa shape index (κ2) is 6.79. The lowest BCUT2D eigenvalue weighted by atomic mass is 10.3. The SMILES string of the molecule is CCN1CCN(c2ncnc(Nc3cc(C)on3)c2[N+](=O)[O-])CC1. The molecular formula is C14H19N7O3. The van der Waals surface area contributed by atoms with E-state index in [1.54, 1.807) is 13.0 Å². The first-order valence-corrected chi connectivity index (χ1v) is 7.75. The van der Waals surface area contributed by atoms with Crippen LogP contribution in [0.15, 0.2) is 16.9 Å². The normalized spacial score (nSPS) is 15.5. The Morgan fingerprint density at radius 2 is 2.08 bits per heavy atom. The Kier molecular flexibility index (Phi) is 4.56. The maximum absolute atomic E-state index is 11.6. The van der Waals surface area contributed by atoms with Crippen LogP contribution in [-0.2, 0) is 0 Å². The van der Waals surface area contributed by atoms with Crippen LogP contribution in [-0.4, -0.2) is 57.7 Å². The highest BCUT2D eigenvalue weighted by Gasteiger charge is 2.29. The van der Waals surface area contributed by atoms with Gasteiger partial charge < -0.3 is 19.6 Å². The van der Waals surface area contributed by atoms with E-state index in [1.165, 1.54) is 6.33 Å². The molecule has 1 aliphatic rings. The lowest BCUT2D eigenvalue weighted by molar-refractivity contribution is -0.383. The molecule has 2 aromatic heterocycles. The molecular weight excluding hydrogens is 314 g/mol. The van der Waals surface area contributed by atoms with Crippen molar-refractivity contribution in [2.24, 2.45) is 0 Å². The molecule has 0 radical (unpaired) electrons. The van der Waals surface area contributed by atoms with Gasteiger partial charge >= 0.3 is 5.69 Å². The van der Waals surface area contributed by atoms with E-state index in [-0.39, 0.29) is 11.5 Å². The number of aromatic nitrogens is 3. The third-order valence-electron chi connectivity index (χ3n) is 3.98. The number of likely N-dealkylation sites (N-methyl/N-ethyl adjacent to an activating group) is 1. The Morgan fingerprint density at radius 1 is 1.33 bits per heavy atom. The van der Waals surface area contributed by atoms with Crippen LogP contribution in [0.4, 0.5) is 23.1 Å². The average molecular weight is 333 g/mol. The van der Waals surface area contributed by atoms with Crippen molar-refractivity contribution < 1.29 is 9.45 Å². The number of nitro groups is 1. The van der Waals surface area contributed by atoms with Crippen LogP contribution in [0.25, 0.3) is 0 Å². The van der Waals surface area contributed by atoms with E-state index in [0.29, 0.717) is 30.5 Å². The molecule has 128 valence electrons. The van der Waals surface area contributed by atoms with Crippen molar-refractivity contribution in [1.82, 2.24) is 20.0 Å². The van der Waals surface area contributed by atoms with Crippen molar-refractivity contribution >= 4 is 23.1 Å². The van der Waals surface area contributed by atoms with Crippen LogP contribution >= 0.6 is 0 Å². The van der Waals surface area contributed by atoms with Gasteiger partial charge in [-0.25, -0.2) is 9.97 Å². The molecule has 24 heavy (non-hydrogen) atoms. The van der Waals surface area contributed by atoms with Gasteiger partial charge in [0.05, 0.1) is 4.92 Å². The summed E-state index contributed by atoms with van der Waals surface area (Å²) in [5.41, 5.74) is -0.150. The summed E-state index contributed by atoms with van der Waals surface area (Å²) < 4.78 is 4.97. The molecule has 0 unspecified atom stereocenters. The zero-order chi connectivity index (χ0) is 17.1. The van der Waals surface area contributed by atoms with Crippen molar-refractivity contribution in [3.05, 3.63) is 28.3 Å². The third kappa shape index (κ3) is 3.27. The number of hydrogen-bond donors (Lipinski definition) is 1. The molecule has 10 nitrogen and oxygen atoms in total. The minimum absolute atomic E-state index is 0.108. The topological polar surface area (TPSA) is 113 Å². The molecule has 1 fully saturated rings. The lowest BCUT2D eigenvalue weighted by Crippen LogP contribution is -2.46. The van der Waals surface area contributed by atoms with Gasteiger partial charge in [-0.2, -0.15) is 0 Å². The van der Waals surface area contributed by atoms with Gasteiger partial charge in [0.25, 0.3) is 0 Å². The molecule has 0 aromatic carbocycles. The first-order valence-electron chi connectivity index (χ1n) is 7.75. The van der Waals surface area contributed by atoms with Crippen molar-refractivity contribution in [1.29, 1.82) is 0 Å². The summed E-state index contributed by atoms with van der Waals surface area (Å²) in [5, 5.41) is 18.2. The van der Waals surface area contributed by atoms with Gasteiger partial charge in [0.15, 0.2) is 5.82 Å². The Morgan fingerprint density at radius 3 is 2.67 bits per heavy atom. The van der Waals surface area contributed by atoms with Crippen molar-refractivity contribution in [2.75, 3.05) is 42.9 Å². The summed E-state index contributed by atoms with van der Waals surface area (Å²) in [5.74, 6) is 1.41. The molecule has 1 aliphatic heterocycles. The largest absolute Gasteiger partial charge is 0.360 e. The number of aryl methyl sites for hydroxylation is 1. The zero-order valence-electron chi connectivity index (χ0n) is 13.6. The first kappa shape index (κ1) is 16.1. The summed E-state index contributed by atoms with van der Waals surface area (Å²) >= 11 is 0. The number of nitrogens with one attached hydrogen (secondary N) is 1. The summed E-state index contributed by atoms with van der Waals surface area (Å²) in [4.78, 5) is 23.5. The number of anilines is 3. The average Bonchev–Trinajstić information content (AvgIpc) is 2.99. The maximum Gasteiger partial charge on any atom is 0.353 e. The van der Waals surface area contributed by atoms with Gasteiger partial charge in [-0.1, -0.05) is 12.1 Å². The fourth-order valence-electron chi connectivity index (χ4n) is 2.68. The number of hydrogen-bond acceptors (Lipinski definition) is 9. The highest BCUT2D eigenvalue weighted by atomic mass is 16.6. The molecule has 0 amide bonds. The van der Waals surface area contributed by atoms with Gasteiger partial charge in [-0.3, -0.25) is 10.1 Å². The van der Waals surface area contributed by atoms with Crippen LogP contribution in [0, 0.1) is 17.0 Å². The summed E-state index contributed by atoms with van der Waals surface area (Å²) in [6.07, 6.45) is 1.32. The van der Waals surface area contributed by atoms with E-state index in [9.17, 15) is 10.1 Å². The molecule has 0 spiro atoms. The van der Waals surface area contributed by atoms with E-state index < -0.39 is 4.92 Å². The van der Waals surface area contributed by atoms with Gasteiger partial charge in [-0.05, 0) is 13.5 Å². The Balaban J connectivity index is 1.89. The fraction of sp³-hybridized carbons (Fsp3) is 0.500. The van der Waals surface area contributed by atoms with E-state index in [2.05, 4.69) is 32.3 Å². The first-order chi connectivity index (χ1) is 11.6. The quantitative estimate of drug-likeness (QED) is 0.643. The predicted octanol–water partition coefficient (Wildman–Crippen LogP) is 1.57. The van der Waals surface area contributed by atoms with Gasteiger partial charge in [-0.15, -0.1) is 0 Å². The highest BCUT2D eigenvalue weighted by Crippen LogP contribution is 2.33. The summed E-state index contributed by atoms with van der Waals surface area (Å²) in [6, 6.07) is 1.64. The van der Waals surface area contributed by atoms with E-state index in [0.717, 1.165) is 19.6 Å². The molecule has 10 heteroatoms. The molecule has 3 heterocycles. The second-order valence-electron chi connectivity index (χ2n) is 5.52. The van der Waals surface area contributed by atoms with Crippen molar-refractivity contribution in [3.63, 3.8) is 0 Å². The molecule has 3 rings (SSSR count). The molecule has 0 saturated carbocycles. The van der Waals surface area contributed by atoms with Gasteiger partial charge in [0, 0.05) is 32.2 Å². The Labute approximate surface area is 138 Å². The minimum Gasteiger partial charge on any atom is -0.360 e. The zero-order valence-corrected chi connectivity index (χ0v) is 13.6. The van der Waals surface area contributed by atoms with E-state index in [4.69, 9.17) is 4.52 Å². The standard InChI is InChI=1S/C14H19N7O3/c1-3-19-4-6-20(7-5-19)14-12(21(22)23)13(15-9-16-14)17-11-8-10(2)24-18-11/h8-9H,3-7H2,1-2H3,(H,15,16,17,18). The van der Waals surface area contributed by atoms with Crippen LogP contribution < -0.4 is 10.2 Å². The summed E-state index contributed by atoms with van der Waals surface area (Å²) in [6.45, 7) is 7.89. The lowest BCUT2D eigenvalue weighted by Gasteiger charge is -2.34. The minimum atomic E-state index is -0.462. The molecule has 0 bridgehead atoms. The molecule has 1 saturated heterocycles. The Bertz CT molecular complexity index is 725. The number of nitrogens with zero attached hydrogens (tertiary/aromatic N) is 6. The van der Waals surface area contributed by atoms with Crippen LogP contribution in [0.3, 0.4) is 0 Å². The smallest absolute Gasteiger partial charge is 0.353 e. The van der Waals surface area contributed by atoms with Crippen molar-refractivity contribution in [2.45, 2.75) is 13.8 Å². The highest BCUT2D eigenvalue weighted by molar-refractivity contribution is 5.73. The maximum atomic E-state index is 11.6. The second-order valence-corrected chi connectivity index (χ2v) is 5.52. The van der Waals surface area contributed by atoms with Crippen molar-refractivity contribution in [3.8, 4) is 0 Å². The molecule has 2 aromatic rings. The third-order valence-corrected chi connectivity index (χ3v) is 3.98.